The first-order chi connectivity index (χ1) is 13.4. The Hall–Kier alpha value is -0.160. The first-order valence-electron chi connectivity index (χ1n) is 12.0. The molecular formula is C24H60N4. The molecule has 0 unspecified atom stereocenters. The summed E-state index contributed by atoms with van der Waals surface area (Å²) in [6.07, 6.45) is 13.3. The Kier molecular flexibility index (Phi) is 47.4. The lowest BCUT2D eigenvalue weighted by atomic mass is 10.2. The van der Waals surface area contributed by atoms with Crippen molar-refractivity contribution < 1.29 is 0 Å². The highest BCUT2D eigenvalue weighted by atomic mass is 15.0. The molecule has 0 saturated carbocycles. The summed E-state index contributed by atoms with van der Waals surface area (Å²) in [5, 5.41) is 6.17. The van der Waals surface area contributed by atoms with Crippen molar-refractivity contribution in [3.05, 3.63) is 0 Å². The third kappa shape index (κ3) is 63.5. The third-order valence-corrected chi connectivity index (χ3v) is 3.98. The number of nitrogens with zero attached hydrogens (tertiary/aromatic N) is 2. The molecule has 0 aromatic rings. The average molecular weight is 405 g/mol. The molecule has 0 radical (unpaired) electrons. The second kappa shape index (κ2) is 37.6. The fraction of sp³-hybridized carbons (Fsp3) is 1.00. The van der Waals surface area contributed by atoms with Crippen LogP contribution in [-0.2, 0) is 0 Å². The number of hydrogen-bond acceptors (Lipinski definition) is 4. The average Bonchev–Trinajstić information content (AvgIpc) is 2.66. The van der Waals surface area contributed by atoms with Crippen molar-refractivity contribution in [2.24, 2.45) is 0 Å². The van der Waals surface area contributed by atoms with Crippen LogP contribution >= 0.6 is 0 Å². The summed E-state index contributed by atoms with van der Waals surface area (Å²) >= 11 is 0. The van der Waals surface area contributed by atoms with Crippen molar-refractivity contribution in [3.63, 3.8) is 0 Å². The summed E-state index contributed by atoms with van der Waals surface area (Å²) in [7, 11) is 12.4. The minimum Gasteiger partial charge on any atom is -0.320 e. The molecule has 0 amide bonds. The molecular weight excluding hydrogens is 344 g/mol. The van der Waals surface area contributed by atoms with Crippen molar-refractivity contribution in [1.82, 2.24) is 20.4 Å². The van der Waals surface area contributed by atoms with Crippen LogP contribution in [0.2, 0.25) is 0 Å². The van der Waals surface area contributed by atoms with E-state index in [-0.39, 0.29) is 0 Å². The van der Waals surface area contributed by atoms with Gasteiger partial charge in [-0.25, -0.2) is 0 Å². The van der Waals surface area contributed by atoms with Gasteiger partial charge in [0.15, 0.2) is 0 Å². The minimum atomic E-state index is 1.16. The van der Waals surface area contributed by atoms with Crippen molar-refractivity contribution in [1.29, 1.82) is 0 Å². The van der Waals surface area contributed by atoms with Gasteiger partial charge < -0.3 is 20.4 Å². The smallest absolute Gasteiger partial charge is 0.00248 e. The van der Waals surface area contributed by atoms with Gasteiger partial charge in [-0.2, -0.15) is 0 Å². The van der Waals surface area contributed by atoms with Gasteiger partial charge in [0, 0.05) is 0 Å². The Morgan fingerprint density at radius 2 is 0.821 bits per heavy atom. The molecule has 0 heterocycles. The van der Waals surface area contributed by atoms with Crippen molar-refractivity contribution >= 4 is 0 Å². The Bertz CT molecular complexity index is 201. The first kappa shape index (κ1) is 35.3. The van der Waals surface area contributed by atoms with Gasteiger partial charge in [0.25, 0.3) is 0 Å². The highest BCUT2D eigenvalue weighted by Crippen LogP contribution is 1.93. The van der Waals surface area contributed by atoms with Crippen molar-refractivity contribution in [2.75, 3.05) is 68.5 Å². The number of rotatable bonds is 14. The summed E-state index contributed by atoms with van der Waals surface area (Å²) in [6.45, 7) is 13.7. The van der Waals surface area contributed by atoms with Crippen LogP contribution in [0.25, 0.3) is 0 Å². The zero-order valence-corrected chi connectivity index (χ0v) is 21.8. The minimum absolute atomic E-state index is 1.16. The lowest BCUT2D eigenvalue weighted by Crippen LogP contribution is -2.12. The monoisotopic (exact) mass is 404 g/mol. The summed E-state index contributed by atoms with van der Waals surface area (Å²) < 4.78 is 0. The van der Waals surface area contributed by atoms with Gasteiger partial charge in [-0.05, 0) is 94.1 Å². The van der Waals surface area contributed by atoms with Crippen LogP contribution in [0.15, 0.2) is 0 Å². The molecule has 0 saturated heterocycles. The SMILES string of the molecule is CCCCCN(C)C.CCCCCNC.CCCCN(C)C.CCCCNC. The topological polar surface area (TPSA) is 30.5 Å². The second-order valence-electron chi connectivity index (χ2n) is 7.93. The number of nitrogens with one attached hydrogen (secondary N) is 2. The normalized spacial score (nSPS) is 9.86. The lowest BCUT2D eigenvalue weighted by Gasteiger charge is -2.06. The Labute approximate surface area is 181 Å². The molecule has 0 aliphatic rings. The fourth-order valence-corrected chi connectivity index (χ4v) is 2.06. The Morgan fingerprint density at radius 3 is 1.11 bits per heavy atom. The van der Waals surface area contributed by atoms with Crippen LogP contribution in [0.5, 0.6) is 0 Å². The summed E-state index contributed by atoms with van der Waals surface area (Å²) in [5.41, 5.74) is 0. The van der Waals surface area contributed by atoms with E-state index in [1.54, 1.807) is 0 Å². The van der Waals surface area contributed by atoms with Gasteiger partial charge in [0.2, 0.25) is 0 Å². The summed E-state index contributed by atoms with van der Waals surface area (Å²) in [4.78, 5) is 4.44. The van der Waals surface area contributed by atoms with Crippen LogP contribution in [0.3, 0.4) is 0 Å². The van der Waals surface area contributed by atoms with Crippen LogP contribution < -0.4 is 10.6 Å². The van der Waals surface area contributed by atoms with Gasteiger partial charge in [0.05, 0.1) is 0 Å². The van der Waals surface area contributed by atoms with Gasteiger partial charge in [-0.15, -0.1) is 0 Å². The number of unbranched alkanes of at least 4 members (excludes halogenated alkanes) is 6. The Morgan fingerprint density at radius 1 is 0.464 bits per heavy atom. The van der Waals surface area contributed by atoms with Crippen LogP contribution in [-0.4, -0.2) is 78.3 Å². The molecule has 2 N–H and O–H groups in total. The molecule has 0 aromatic heterocycles. The predicted molar refractivity (Wildman–Crippen MR) is 134 cm³/mol. The molecule has 0 atom stereocenters. The molecule has 0 aromatic carbocycles. The van der Waals surface area contributed by atoms with Gasteiger partial charge >= 0.3 is 0 Å². The molecule has 4 nitrogen and oxygen atoms in total. The fourth-order valence-electron chi connectivity index (χ4n) is 2.06. The number of hydrogen-bond donors (Lipinski definition) is 2. The highest BCUT2D eigenvalue weighted by Gasteiger charge is 1.86. The molecule has 0 bridgehead atoms. The van der Waals surface area contributed by atoms with E-state index in [4.69, 9.17) is 0 Å². The van der Waals surface area contributed by atoms with Crippen molar-refractivity contribution in [3.8, 4) is 0 Å². The first-order valence-corrected chi connectivity index (χ1v) is 12.0. The van der Waals surface area contributed by atoms with Gasteiger partial charge in [-0.1, -0.05) is 66.2 Å². The molecule has 0 spiro atoms. The van der Waals surface area contributed by atoms with E-state index >= 15 is 0 Å². The quantitative estimate of drug-likeness (QED) is 0.375. The van der Waals surface area contributed by atoms with E-state index in [1.165, 1.54) is 83.8 Å². The molecule has 4 heteroatoms. The van der Waals surface area contributed by atoms with Gasteiger partial charge in [-0.3, -0.25) is 0 Å². The lowest BCUT2D eigenvalue weighted by molar-refractivity contribution is 0.393. The van der Waals surface area contributed by atoms with Crippen molar-refractivity contribution in [2.45, 2.75) is 91.9 Å². The van der Waals surface area contributed by atoms with Gasteiger partial charge in [0.1, 0.15) is 0 Å². The molecule has 0 rings (SSSR count). The summed E-state index contributed by atoms with van der Waals surface area (Å²) in [5.74, 6) is 0. The highest BCUT2D eigenvalue weighted by molar-refractivity contribution is 4.42. The van der Waals surface area contributed by atoms with Crippen LogP contribution in [0.1, 0.15) is 91.9 Å². The zero-order valence-electron chi connectivity index (χ0n) is 21.8. The zero-order chi connectivity index (χ0) is 22.5. The molecule has 176 valence electrons. The standard InChI is InChI=1S/C7H17N.2C6H15N.C5H13N/c1-4-5-6-7-8(2)3;1-4-5-6-7(2)3;1-3-4-5-6-7-2;1-3-4-5-6-2/h4-7H2,1-3H3;4-6H2,1-3H3;7H,3-6H2,1-2H3;6H,3-5H2,1-2H3. The molecule has 0 aliphatic heterocycles. The maximum atomic E-state index is 3.10. The molecule has 0 aliphatic carbocycles. The third-order valence-electron chi connectivity index (χ3n) is 3.98. The molecule has 0 fully saturated rings. The maximum absolute atomic E-state index is 3.10. The van der Waals surface area contributed by atoms with E-state index in [0.29, 0.717) is 0 Å². The van der Waals surface area contributed by atoms with E-state index in [9.17, 15) is 0 Å². The second-order valence-corrected chi connectivity index (χ2v) is 7.93. The largest absolute Gasteiger partial charge is 0.320 e. The predicted octanol–water partition coefficient (Wildman–Crippen LogP) is 5.49. The maximum Gasteiger partial charge on any atom is -0.00248 e. The summed E-state index contributed by atoms with van der Waals surface area (Å²) in [6, 6.07) is 0. The Balaban J connectivity index is -0.000000138. The van der Waals surface area contributed by atoms with E-state index < -0.39 is 0 Å². The van der Waals surface area contributed by atoms with E-state index in [0.717, 1.165) is 6.54 Å². The van der Waals surface area contributed by atoms with E-state index in [1.807, 2.05) is 14.1 Å². The van der Waals surface area contributed by atoms with Crippen LogP contribution in [0, 0.1) is 0 Å². The van der Waals surface area contributed by atoms with Crippen LogP contribution in [0.4, 0.5) is 0 Å². The molecule has 28 heavy (non-hydrogen) atoms. The van der Waals surface area contributed by atoms with E-state index in [2.05, 4.69) is 76.3 Å².